The number of hydrogen-bond donors (Lipinski definition) is 1. The second-order valence-corrected chi connectivity index (χ2v) is 11.6. The summed E-state index contributed by atoms with van der Waals surface area (Å²) in [7, 11) is 0. The first-order valence-corrected chi connectivity index (χ1v) is 14.6. The van der Waals surface area contributed by atoms with Crippen molar-refractivity contribution >= 4 is 58.4 Å². The lowest BCUT2D eigenvalue weighted by Gasteiger charge is -2.43. The third kappa shape index (κ3) is 4.98. The number of likely N-dealkylation sites (tertiary alicyclic amines) is 1. The lowest BCUT2D eigenvalue weighted by molar-refractivity contribution is -0.136. The van der Waals surface area contributed by atoms with E-state index in [2.05, 4.69) is 15.1 Å². The van der Waals surface area contributed by atoms with Crippen LogP contribution in [-0.2, 0) is 9.59 Å². The summed E-state index contributed by atoms with van der Waals surface area (Å²) in [6.45, 7) is 4.48. The average molecular weight is 598 g/mol. The molecule has 6 rings (SSSR count). The van der Waals surface area contributed by atoms with E-state index in [-0.39, 0.29) is 35.4 Å². The number of carbonyl (C=O) groups excluding carboxylic acids is 5. The van der Waals surface area contributed by atoms with E-state index in [0.717, 1.165) is 49.6 Å². The topological polar surface area (TPSA) is 110 Å². The number of nitrogens with one attached hydrogen (secondary N) is 1. The van der Waals surface area contributed by atoms with Crippen molar-refractivity contribution in [3.8, 4) is 0 Å². The van der Waals surface area contributed by atoms with Gasteiger partial charge in [-0.15, -0.1) is 0 Å². The van der Waals surface area contributed by atoms with Gasteiger partial charge in [-0.2, -0.15) is 0 Å². The molecule has 41 heavy (non-hydrogen) atoms. The number of halogens is 2. The highest BCUT2D eigenvalue weighted by Gasteiger charge is 2.46. The van der Waals surface area contributed by atoms with Crippen LogP contribution in [0.25, 0.3) is 0 Å². The van der Waals surface area contributed by atoms with Crippen LogP contribution in [-0.4, -0.2) is 95.6 Å². The van der Waals surface area contributed by atoms with E-state index in [1.165, 1.54) is 6.07 Å². The number of rotatable bonds is 4. The Morgan fingerprint density at radius 1 is 0.829 bits per heavy atom. The summed E-state index contributed by atoms with van der Waals surface area (Å²) >= 11 is 12.6. The number of nitrogens with zero attached hydrogens (tertiary/aromatic N) is 4. The van der Waals surface area contributed by atoms with Crippen LogP contribution in [0, 0.1) is 0 Å². The molecule has 1 atom stereocenters. The van der Waals surface area contributed by atoms with Crippen molar-refractivity contribution < 1.29 is 24.0 Å². The largest absolute Gasteiger partial charge is 0.368 e. The lowest BCUT2D eigenvalue weighted by Crippen LogP contribution is -2.54. The van der Waals surface area contributed by atoms with Gasteiger partial charge >= 0.3 is 0 Å². The summed E-state index contributed by atoms with van der Waals surface area (Å²) in [5.74, 6) is -2.70. The van der Waals surface area contributed by atoms with Gasteiger partial charge in [-0.05, 0) is 43.5 Å². The van der Waals surface area contributed by atoms with E-state index < -0.39 is 29.7 Å². The molecule has 2 aromatic carbocycles. The molecule has 214 valence electrons. The van der Waals surface area contributed by atoms with E-state index in [1.54, 1.807) is 23.1 Å². The summed E-state index contributed by atoms with van der Waals surface area (Å²) in [5.41, 5.74) is 1.25. The molecule has 3 saturated heterocycles. The standard InChI is InChI=1S/C29H29Cl2N5O5/c30-20-5-2-6-21(25(20)31)34-15-13-33(14-16-34)17-9-11-35(12-10-17)27(39)18-3-1-4-19-24(18)29(41)36(28(19)40)22-7-8-23(37)32-26(22)38/h1-6,17,22H,7-16H2,(H,32,37,38). The zero-order valence-electron chi connectivity index (χ0n) is 22.3. The average Bonchev–Trinajstić information content (AvgIpc) is 3.24. The van der Waals surface area contributed by atoms with Crippen LogP contribution in [0.5, 0.6) is 0 Å². The van der Waals surface area contributed by atoms with Gasteiger partial charge in [-0.1, -0.05) is 35.3 Å². The number of benzene rings is 2. The number of amides is 5. The highest BCUT2D eigenvalue weighted by Crippen LogP contribution is 2.34. The van der Waals surface area contributed by atoms with Crippen LogP contribution in [0.2, 0.25) is 10.0 Å². The third-order valence-corrected chi connectivity index (χ3v) is 9.36. The maximum absolute atomic E-state index is 13.6. The third-order valence-electron chi connectivity index (χ3n) is 8.55. The van der Waals surface area contributed by atoms with E-state index >= 15 is 0 Å². The predicted octanol–water partition coefficient (Wildman–Crippen LogP) is 2.82. The lowest BCUT2D eigenvalue weighted by atomic mass is 9.98. The second-order valence-electron chi connectivity index (χ2n) is 10.8. The van der Waals surface area contributed by atoms with Crippen LogP contribution >= 0.6 is 23.2 Å². The minimum Gasteiger partial charge on any atom is -0.368 e. The van der Waals surface area contributed by atoms with Gasteiger partial charge in [0.05, 0.1) is 32.4 Å². The molecule has 5 amide bonds. The zero-order chi connectivity index (χ0) is 28.8. The number of piperazine rings is 1. The summed E-state index contributed by atoms with van der Waals surface area (Å²) in [4.78, 5) is 71.5. The minimum absolute atomic E-state index is 0.0325. The van der Waals surface area contributed by atoms with Crippen LogP contribution in [0.15, 0.2) is 36.4 Å². The Hall–Kier alpha value is -3.47. The quantitative estimate of drug-likeness (QED) is 0.540. The Bertz CT molecular complexity index is 1450. The molecule has 3 fully saturated rings. The minimum atomic E-state index is -1.07. The van der Waals surface area contributed by atoms with Gasteiger partial charge in [-0.3, -0.25) is 39.1 Å². The van der Waals surface area contributed by atoms with Crippen LogP contribution in [0.4, 0.5) is 5.69 Å². The highest BCUT2D eigenvalue weighted by molar-refractivity contribution is 6.43. The Labute approximate surface area is 247 Å². The fraction of sp³-hybridized carbons (Fsp3) is 0.414. The van der Waals surface area contributed by atoms with Gasteiger partial charge in [0.2, 0.25) is 11.8 Å². The van der Waals surface area contributed by atoms with E-state index in [1.807, 2.05) is 12.1 Å². The summed E-state index contributed by atoms with van der Waals surface area (Å²) in [5, 5.41) is 3.31. The van der Waals surface area contributed by atoms with Crippen LogP contribution in [0.3, 0.4) is 0 Å². The molecule has 1 N–H and O–H groups in total. The van der Waals surface area contributed by atoms with Gasteiger partial charge < -0.3 is 9.80 Å². The fourth-order valence-corrected chi connectivity index (χ4v) is 6.78. The molecule has 4 aliphatic rings. The normalized spacial score (nSPS) is 22.3. The van der Waals surface area contributed by atoms with Gasteiger partial charge in [0.1, 0.15) is 6.04 Å². The van der Waals surface area contributed by atoms with Crippen molar-refractivity contribution in [2.24, 2.45) is 0 Å². The van der Waals surface area contributed by atoms with Crippen molar-refractivity contribution in [1.29, 1.82) is 0 Å². The first kappa shape index (κ1) is 27.7. The monoisotopic (exact) mass is 597 g/mol. The SMILES string of the molecule is O=C1CCC(N2C(=O)c3cccc(C(=O)N4CCC(N5CCN(c6cccc(Cl)c6Cl)CC5)CC4)c3C2=O)C(=O)N1. The molecule has 1 unspecified atom stereocenters. The van der Waals surface area contributed by atoms with Crippen molar-refractivity contribution in [2.75, 3.05) is 44.2 Å². The Morgan fingerprint density at radius 3 is 2.24 bits per heavy atom. The molecular formula is C29H29Cl2N5O5. The molecule has 12 heteroatoms. The highest BCUT2D eigenvalue weighted by atomic mass is 35.5. The Morgan fingerprint density at radius 2 is 1.54 bits per heavy atom. The number of piperidine rings is 2. The summed E-state index contributed by atoms with van der Waals surface area (Å²) in [6.07, 6.45) is 1.70. The first-order chi connectivity index (χ1) is 19.7. The molecule has 0 aliphatic carbocycles. The smallest absolute Gasteiger partial charge is 0.263 e. The fourth-order valence-electron chi connectivity index (χ4n) is 6.36. The second kappa shape index (κ2) is 11.1. The van der Waals surface area contributed by atoms with Crippen molar-refractivity contribution in [1.82, 2.24) is 20.0 Å². The molecule has 0 spiro atoms. The van der Waals surface area contributed by atoms with Crippen LogP contribution in [0.1, 0.15) is 56.8 Å². The molecule has 4 aliphatic heterocycles. The number of hydrogen-bond acceptors (Lipinski definition) is 7. The summed E-state index contributed by atoms with van der Waals surface area (Å²) in [6, 6.07) is 9.58. The molecule has 0 saturated carbocycles. The van der Waals surface area contributed by atoms with Crippen molar-refractivity contribution in [2.45, 2.75) is 37.8 Å². The Kier molecular flexibility index (Phi) is 7.48. The number of anilines is 1. The van der Waals surface area contributed by atoms with E-state index in [4.69, 9.17) is 23.2 Å². The van der Waals surface area contributed by atoms with Gasteiger partial charge in [0, 0.05) is 51.7 Å². The molecule has 10 nitrogen and oxygen atoms in total. The van der Waals surface area contributed by atoms with E-state index in [0.29, 0.717) is 29.2 Å². The molecule has 0 radical (unpaired) electrons. The number of fused-ring (bicyclic) bond motifs is 1. The Balaban J connectivity index is 1.09. The maximum atomic E-state index is 13.6. The summed E-state index contributed by atoms with van der Waals surface area (Å²) < 4.78 is 0. The maximum Gasteiger partial charge on any atom is 0.263 e. The number of carbonyl (C=O) groups is 5. The molecule has 0 bridgehead atoms. The van der Waals surface area contributed by atoms with Crippen molar-refractivity contribution in [3.63, 3.8) is 0 Å². The van der Waals surface area contributed by atoms with Gasteiger partial charge in [-0.25, -0.2) is 0 Å². The zero-order valence-corrected chi connectivity index (χ0v) is 23.8. The number of imide groups is 2. The molecule has 4 heterocycles. The van der Waals surface area contributed by atoms with Gasteiger partial charge in [0.15, 0.2) is 0 Å². The van der Waals surface area contributed by atoms with Crippen LogP contribution < -0.4 is 10.2 Å². The van der Waals surface area contributed by atoms with Crippen molar-refractivity contribution in [3.05, 3.63) is 63.1 Å². The van der Waals surface area contributed by atoms with Gasteiger partial charge in [0.25, 0.3) is 17.7 Å². The molecule has 2 aromatic rings. The predicted molar refractivity (Wildman–Crippen MR) is 152 cm³/mol. The molecule has 0 aromatic heterocycles. The first-order valence-electron chi connectivity index (χ1n) is 13.8. The van der Waals surface area contributed by atoms with E-state index in [9.17, 15) is 24.0 Å². The molecular weight excluding hydrogens is 569 g/mol.